The lowest BCUT2D eigenvalue weighted by Crippen LogP contribution is -2.14. The molecule has 2 amide bonds. The van der Waals surface area contributed by atoms with E-state index >= 15 is 0 Å². The van der Waals surface area contributed by atoms with Crippen molar-refractivity contribution in [3.63, 3.8) is 0 Å². The third-order valence-corrected chi connectivity index (χ3v) is 5.24. The van der Waals surface area contributed by atoms with Crippen LogP contribution in [0.2, 0.25) is 0 Å². The number of rotatable bonds is 7. The van der Waals surface area contributed by atoms with Gasteiger partial charge >= 0.3 is 0 Å². The lowest BCUT2D eigenvalue weighted by atomic mass is 10.2. The fraction of sp³-hybridized carbons (Fsp3) is 0.143. The van der Waals surface area contributed by atoms with Gasteiger partial charge in [-0.3, -0.25) is 14.2 Å². The normalized spacial score (nSPS) is 10.7. The van der Waals surface area contributed by atoms with Gasteiger partial charge < -0.3 is 10.6 Å². The fourth-order valence-electron chi connectivity index (χ4n) is 2.87. The molecular weight excluding hydrogens is 430 g/mol. The van der Waals surface area contributed by atoms with Gasteiger partial charge in [-0.25, -0.2) is 4.63 Å². The summed E-state index contributed by atoms with van der Waals surface area (Å²) in [5.74, 6) is 0.0765. The van der Waals surface area contributed by atoms with E-state index in [9.17, 15) is 9.59 Å². The predicted molar refractivity (Wildman–Crippen MR) is 119 cm³/mol. The molecule has 0 atom stereocenters. The van der Waals surface area contributed by atoms with Gasteiger partial charge in [0.25, 0.3) is 0 Å². The molecule has 32 heavy (non-hydrogen) atoms. The zero-order valence-electron chi connectivity index (χ0n) is 17.3. The maximum atomic E-state index is 12.5. The van der Waals surface area contributed by atoms with Crippen molar-refractivity contribution in [1.29, 1.82) is 0 Å². The lowest BCUT2D eigenvalue weighted by molar-refractivity contribution is -0.114. The Kier molecular flexibility index (Phi) is 6.26. The van der Waals surface area contributed by atoms with Crippen LogP contribution in [0.5, 0.6) is 0 Å². The molecule has 0 aliphatic carbocycles. The van der Waals surface area contributed by atoms with E-state index in [0.717, 1.165) is 16.9 Å². The summed E-state index contributed by atoms with van der Waals surface area (Å²) in [5, 5.41) is 22.0. The summed E-state index contributed by atoms with van der Waals surface area (Å²) in [6.07, 6.45) is 0. The first-order chi connectivity index (χ1) is 15.5. The fourth-order valence-corrected chi connectivity index (χ4v) is 3.63. The molecule has 2 aromatic carbocycles. The van der Waals surface area contributed by atoms with Gasteiger partial charge in [0.2, 0.25) is 17.6 Å². The monoisotopic (exact) mass is 449 g/mol. The minimum atomic E-state index is -0.324. The van der Waals surface area contributed by atoms with Gasteiger partial charge in [0.05, 0.1) is 5.75 Å². The van der Waals surface area contributed by atoms with Gasteiger partial charge in [0.1, 0.15) is 0 Å². The van der Waals surface area contributed by atoms with Crippen molar-refractivity contribution in [3.8, 4) is 17.2 Å². The quantitative estimate of drug-likeness (QED) is 0.411. The number of anilines is 2. The first-order valence-electron chi connectivity index (χ1n) is 9.62. The Hall–Kier alpha value is -3.99. The van der Waals surface area contributed by atoms with Crippen LogP contribution >= 0.6 is 11.8 Å². The SMILES string of the molecule is CC(=O)Nc1nonc1-c1nnc(SCC(=O)Nc2ccc(C)cc2)n1-c1ccccc1. The summed E-state index contributed by atoms with van der Waals surface area (Å²) in [4.78, 5) is 23.9. The molecule has 0 unspecified atom stereocenters. The molecule has 11 heteroatoms. The third-order valence-electron chi connectivity index (χ3n) is 4.31. The van der Waals surface area contributed by atoms with Crippen LogP contribution in [0.15, 0.2) is 64.4 Å². The first-order valence-corrected chi connectivity index (χ1v) is 10.6. The largest absolute Gasteiger partial charge is 0.325 e. The van der Waals surface area contributed by atoms with Gasteiger partial charge in [-0.1, -0.05) is 47.7 Å². The summed E-state index contributed by atoms with van der Waals surface area (Å²) in [5.41, 5.74) is 2.82. The summed E-state index contributed by atoms with van der Waals surface area (Å²) in [7, 11) is 0. The van der Waals surface area contributed by atoms with Crippen molar-refractivity contribution in [2.45, 2.75) is 19.0 Å². The summed E-state index contributed by atoms with van der Waals surface area (Å²) in [6, 6.07) is 16.9. The summed E-state index contributed by atoms with van der Waals surface area (Å²) in [6.45, 7) is 3.34. The molecule has 0 saturated carbocycles. The third kappa shape index (κ3) is 4.83. The number of nitrogens with zero attached hydrogens (tertiary/aromatic N) is 5. The maximum Gasteiger partial charge on any atom is 0.234 e. The molecule has 2 aromatic heterocycles. The van der Waals surface area contributed by atoms with E-state index in [4.69, 9.17) is 4.63 Å². The molecule has 10 nitrogen and oxygen atoms in total. The Labute approximate surface area is 187 Å². The summed E-state index contributed by atoms with van der Waals surface area (Å²) >= 11 is 1.22. The van der Waals surface area contributed by atoms with Crippen LogP contribution in [0.4, 0.5) is 11.5 Å². The Morgan fingerprint density at radius 1 is 1.00 bits per heavy atom. The van der Waals surface area contributed by atoms with Crippen LogP contribution < -0.4 is 10.6 Å². The van der Waals surface area contributed by atoms with Crippen molar-refractivity contribution < 1.29 is 14.2 Å². The molecule has 2 heterocycles. The Balaban J connectivity index is 1.60. The molecule has 4 aromatic rings. The topological polar surface area (TPSA) is 128 Å². The van der Waals surface area contributed by atoms with Crippen molar-refractivity contribution in [2.75, 3.05) is 16.4 Å². The number of carbonyl (C=O) groups excluding carboxylic acids is 2. The van der Waals surface area contributed by atoms with Crippen molar-refractivity contribution in [2.24, 2.45) is 0 Å². The zero-order valence-corrected chi connectivity index (χ0v) is 18.1. The number of hydrogen-bond acceptors (Lipinski definition) is 8. The number of benzene rings is 2. The number of thioether (sulfide) groups is 1. The van der Waals surface area contributed by atoms with Crippen molar-refractivity contribution in [1.82, 2.24) is 25.1 Å². The van der Waals surface area contributed by atoms with Crippen LogP contribution in [-0.4, -0.2) is 42.6 Å². The number of aromatic nitrogens is 5. The van der Waals surface area contributed by atoms with E-state index < -0.39 is 0 Å². The first kappa shape index (κ1) is 21.2. The highest BCUT2D eigenvalue weighted by Gasteiger charge is 2.24. The number of hydrogen-bond donors (Lipinski definition) is 2. The number of para-hydroxylation sites is 1. The van der Waals surface area contributed by atoms with E-state index in [-0.39, 0.29) is 29.1 Å². The van der Waals surface area contributed by atoms with E-state index in [1.807, 2.05) is 61.5 Å². The van der Waals surface area contributed by atoms with Gasteiger partial charge in [0.15, 0.2) is 16.7 Å². The second-order valence-electron chi connectivity index (χ2n) is 6.82. The van der Waals surface area contributed by atoms with E-state index in [2.05, 4.69) is 31.1 Å². The molecule has 0 radical (unpaired) electrons. The minimum Gasteiger partial charge on any atom is -0.325 e. The van der Waals surface area contributed by atoms with E-state index in [0.29, 0.717) is 11.0 Å². The molecule has 0 fully saturated rings. The molecule has 162 valence electrons. The average Bonchev–Trinajstić information content (AvgIpc) is 3.40. The molecular formula is C21H19N7O3S. The summed E-state index contributed by atoms with van der Waals surface area (Å²) < 4.78 is 6.54. The van der Waals surface area contributed by atoms with Crippen molar-refractivity contribution >= 4 is 35.1 Å². The van der Waals surface area contributed by atoms with Gasteiger partial charge in [-0.15, -0.1) is 10.2 Å². The number of nitrogens with one attached hydrogen (secondary N) is 2. The molecule has 0 aliphatic heterocycles. The van der Waals surface area contributed by atoms with Crippen LogP contribution in [0.1, 0.15) is 12.5 Å². The highest BCUT2D eigenvalue weighted by molar-refractivity contribution is 7.99. The maximum absolute atomic E-state index is 12.5. The number of aryl methyl sites for hydroxylation is 1. The van der Waals surface area contributed by atoms with Crippen molar-refractivity contribution in [3.05, 3.63) is 60.2 Å². The molecule has 4 rings (SSSR count). The Bertz CT molecular complexity index is 1240. The molecule has 0 bridgehead atoms. The lowest BCUT2D eigenvalue weighted by Gasteiger charge is -2.09. The Morgan fingerprint density at radius 2 is 1.75 bits per heavy atom. The average molecular weight is 449 g/mol. The van der Waals surface area contributed by atoms with Crippen LogP contribution in [0.25, 0.3) is 17.2 Å². The standard InChI is InChI=1S/C21H19N7O3S/c1-13-8-10-15(11-9-13)23-17(30)12-32-21-25-24-20(28(21)16-6-4-3-5-7-16)18-19(22-14(2)29)27-31-26-18/h3-11H,12H2,1-2H3,(H,23,30)(H,22,27,29). The van der Waals surface area contributed by atoms with E-state index in [1.54, 1.807) is 4.57 Å². The highest BCUT2D eigenvalue weighted by atomic mass is 32.2. The second-order valence-corrected chi connectivity index (χ2v) is 7.77. The predicted octanol–water partition coefficient (Wildman–Crippen LogP) is 3.31. The van der Waals surface area contributed by atoms with E-state index in [1.165, 1.54) is 18.7 Å². The van der Waals surface area contributed by atoms with Crippen LogP contribution in [0, 0.1) is 6.92 Å². The smallest absolute Gasteiger partial charge is 0.234 e. The zero-order chi connectivity index (χ0) is 22.5. The van der Waals surface area contributed by atoms with Gasteiger partial charge in [0, 0.05) is 18.3 Å². The molecule has 0 aliphatic rings. The second kappa shape index (κ2) is 9.43. The molecule has 0 spiro atoms. The minimum absolute atomic E-state index is 0.120. The van der Waals surface area contributed by atoms with Gasteiger partial charge in [-0.05, 0) is 41.5 Å². The van der Waals surface area contributed by atoms with Crippen LogP contribution in [0.3, 0.4) is 0 Å². The molecule has 0 saturated heterocycles. The Morgan fingerprint density at radius 3 is 2.47 bits per heavy atom. The van der Waals surface area contributed by atoms with Crippen LogP contribution in [-0.2, 0) is 9.59 Å². The van der Waals surface area contributed by atoms with Gasteiger partial charge in [-0.2, -0.15) is 0 Å². The number of carbonyl (C=O) groups is 2. The highest BCUT2D eigenvalue weighted by Crippen LogP contribution is 2.30. The number of amides is 2. The molecule has 2 N–H and O–H groups in total.